The van der Waals surface area contributed by atoms with E-state index >= 15 is 0 Å². The summed E-state index contributed by atoms with van der Waals surface area (Å²) >= 11 is 8.18. The van der Waals surface area contributed by atoms with E-state index in [0.29, 0.717) is 0 Å². The number of ether oxygens (including phenoxy) is 2. The van der Waals surface area contributed by atoms with Gasteiger partial charge in [0.1, 0.15) is 13.2 Å². The molecule has 0 fully saturated rings. The lowest BCUT2D eigenvalue weighted by molar-refractivity contribution is -0.138. The van der Waals surface area contributed by atoms with Gasteiger partial charge >= 0.3 is 5.97 Å². The summed E-state index contributed by atoms with van der Waals surface area (Å²) in [6.07, 6.45) is 1.08. The number of thiol groups is 1. The summed E-state index contributed by atoms with van der Waals surface area (Å²) in [7, 11) is 0. The number of rotatable bonds is 4. The number of hydrogen-bond donors (Lipinski definition) is 1. The number of esters is 1. The van der Waals surface area contributed by atoms with Crippen LogP contribution in [-0.4, -0.2) is 23.6 Å². The minimum atomic E-state index is -0.473. The molecule has 0 bridgehead atoms. The third kappa shape index (κ3) is 7.35. The van der Waals surface area contributed by atoms with Gasteiger partial charge in [0.05, 0.1) is 0 Å². The summed E-state index contributed by atoms with van der Waals surface area (Å²) in [6, 6.07) is 0. The highest BCUT2D eigenvalue weighted by Crippen LogP contribution is 1.87. The summed E-state index contributed by atoms with van der Waals surface area (Å²) in [5, 5.41) is 0. The van der Waals surface area contributed by atoms with Crippen molar-refractivity contribution in [1.82, 2.24) is 0 Å². The molecule has 0 radical (unpaired) electrons. The fraction of sp³-hybridized carbons (Fsp3) is 0.333. The third-order valence-electron chi connectivity index (χ3n) is 0.720. The van der Waals surface area contributed by atoms with Crippen molar-refractivity contribution >= 4 is 35.2 Å². The van der Waals surface area contributed by atoms with Crippen molar-refractivity contribution in [1.29, 1.82) is 0 Å². The standard InChI is InChI=1S/C6H8O3S2/c1-2-5(7)8-3-4-9-6(10)11/h2H,1,3-4H2,(H,10,11). The first kappa shape index (κ1) is 10.4. The Balaban J connectivity index is 3.21. The van der Waals surface area contributed by atoms with Gasteiger partial charge in [-0.3, -0.25) is 0 Å². The maximum absolute atomic E-state index is 10.4. The largest absolute Gasteiger partial charge is 0.475 e. The zero-order valence-corrected chi connectivity index (χ0v) is 7.49. The number of thiocarbonyl (C=S) groups is 1. The van der Waals surface area contributed by atoms with E-state index in [2.05, 4.69) is 36.2 Å². The molecule has 0 unspecified atom stereocenters. The first-order valence-corrected chi connectivity index (χ1v) is 3.67. The van der Waals surface area contributed by atoms with Gasteiger partial charge in [-0.1, -0.05) is 19.2 Å². The zero-order valence-electron chi connectivity index (χ0n) is 5.78. The van der Waals surface area contributed by atoms with Crippen LogP contribution in [0.5, 0.6) is 0 Å². The molecule has 5 heteroatoms. The second kappa shape index (κ2) is 6.18. The predicted molar refractivity (Wildman–Crippen MR) is 48.7 cm³/mol. The second-order valence-electron chi connectivity index (χ2n) is 1.49. The van der Waals surface area contributed by atoms with Gasteiger partial charge in [0, 0.05) is 6.08 Å². The molecule has 11 heavy (non-hydrogen) atoms. The van der Waals surface area contributed by atoms with Crippen molar-refractivity contribution in [3.8, 4) is 0 Å². The lowest BCUT2D eigenvalue weighted by Gasteiger charge is -2.02. The van der Waals surface area contributed by atoms with Crippen LogP contribution in [0.3, 0.4) is 0 Å². The van der Waals surface area contributed by atoms with Gasteiger partial charge in [0.2, 0.25) is 4.38 Å². The predicted octanol–water partition coefficient (Wildman–Crippen LogP) is 0.947. The van der Waals surface area contributed by atoms with Crippen molar-refractivity contribution in [3.05, 3.63) is 12.7 Å². The van der Waals surface area contributed by atoms with E-state index in [0.717, 1.165) is 6.08 Å². The Labute approximate surface area is 75.8 Å². The third-order valence-corrected chi connectivity index (χ3v) is 0.967. The molecule has 0 aromatic carbocycles. The minimum absolute atomic E-state index is 0.139. The normalized spacial score (nSPS) is 8.45. The zero-order chi connectivity index (χ0) is 8.69. The molecular formula is C6H8O3S2. The fourth-order valence-corrected chi connectivity index (χ4v) is 0.505. The maximum atomic E-state index is 10.4. The molecule has 0 aliphatic carbocycles. The molecule has 0 heterocycles. The Morgan fingerprint density at radius 3 is 2.55 bits per heavy atom. The van der Waals surface area contributed by atoms with Crippen molar-refractivity contribution in [2.75, 3.05) is 13.2 Å². The van der Waals surface area contributed by atoms with Crippen LogP contribution in [0.2, 0.25) is 0 Å². The SMILES string of the molecule is C=CC(=O)OCCOC(=S)S. The quantitative estimate of drug-likeness (QED) is 0.236. The molecule has 0 aromatic rings. The average molecular weight is 192 g/mol. The van der Waals surface area contributed by atoms with Gasteiger partial charge in [-0.15, -0.1) is 0 Å². The first-order chi connectivity index (χ1) is 5.16. The van der Waals surface area contributed by atoms with E-state index in [9.17, 15) is 4.79 Å². The van der Waals surface area contributed by atoms with Crippen molar-refractivity contribution in [2.24, 2.45) is 0 Å². The van der Waals surface area contributed by atoms with Crippen LogP contribution < -0.4 is 0 Å². The van der Waals surface area contributed by atoms with E-state index in [1.807, 2.05) is 0 Å². The summed E-state index contributed by atoms with van der Waals surface area (Å²) in [5.74, 6) is -0.473. The van der Waals surface area contributed by atoms with Gasteiger partial charge < -0.3 is 9.47 Å². The maximum Gasteiger partial charge on any atom is 0.330 e. The van der Waals surface area contributed by atoms with Crippen molar-refractivity contribution in [3.63, 3.8) is 0 Å². The van der Waals surface area contributed by atoms with Crippen LogP contribution in [-0.2, 0) is 14.3 Å². The molecule has 3 nitrogen and oxygen atoms in total. The van der Waals surface area contributed by atoms with E-state index in [1.165, 1.54) is 0 Å². The second-order valence-corrected chi connectivity index (χ2v) is 2.57. The first-order valence-electron chi connectivity index (χ1n) is 2.81. The summed E-state index contributed by atoms with van der Waals surface area (Å²) in [6.45, 7) is 3.60. The number of carbonyl (C=O) groups excluding carboxylic acids is 1. The molecule has 0 aromatic heterocycles. The molecule has 0 N–H and O–H groups in total. The van der Waals surface area contributed by atoms with Crippen LogP contribution in [0.4, 0.5) is 0 Å². The van der Waals surface area contributed by atoms with Crippen molar-refractivity contribution in [2.45, 2.75) is 0 Å². The smallest absolute Gasteiger partial charge is 0.330 e. The van der Waals surface area contributed by atoms with Crippen molar-refractivity contribution < 1.29 is 14.3 Å². The van der Waals surface area contributed by atoms with Crippen LogP contribution in [0, 0.1) is 0 Å². The summed E-state index contributed by atoms with van der Waals surface area (Å²) < 4.78 is 9.43. The average Bonchev–Trinajstić information content (AvgIpc) is 1.97. The van der Waals surface area contributed by atoms with Gasteiger partial charge in [-0.2, -0.15) is 0 Å². The lowest BCUT2D eigenvalue weighted by atomic mass is 10.6. The highest BCUT2D eigenvalue weighted by molar-refractivity contribution is 8.10. The Hall–Kier alpha value is -0.550. The number of carbonyl (C=O) groups is 1. The molecular weight excluding hydrogens is 184 g/mol. The lowest BCUT2D eigenvalue weighted by Crippen LogP contribution is -2.08. The fourth-order valence-electron chi connectivity index (χ4n) is 0.330. The van der Waals surface area contributed by atoms with E-state index in [-0.39, 0.29) is 17.6 Å². The van der Waals surface area contributed by atoms with Gasteiger partial charge in [-0.05, 0) is 12.2 Å². The van der Waals surface area contributed by atoms with Crippen LogP contribution in [0.25, 0.3) is 0 Å². The van der Waals surface area contributed by atoms with Crippen LogP contribution in [0.1, 0.15) is 0 Å². The topological polar surface area (TPSA) is 35.5 Å². The highest BCUT2D eigenvalue weighted by Gasteiger charge is 1.94. The van der Waals surface area contributed by atoms with Crippen LogP contribution >= 0.6 is 24.8 Å². The molecule has 0 saturated heterocycles. The minimum Gasteiger partial charge on any atom is -0.475 e. The molecule has 0 amide bonds. The van der Waals surface area contributed by atoms with Gasteiger partial charge in [0.15, 0.2) is 0 Å². The molecule has 0 aliphatic heterocycles. The van der Waals surface area contributed by atoms with E-state index in [4.69, 9.17) is 4.74 Å². The summed E-state index contributed by atoms with van der Waals surface area (Å²) in [5.41, 5.74) is 0. The Kier molecular flexibility index (Phi) is 5.87. The molecule has 0 saturated carbocycles. The summed E-state index contributed by atoms with van der Waals surface area (Å²) in [4.78, 5) is 10.4. The molecule has 62 valence electrons. The van der Waals surface area contributed by atoms with E-state index < -0.39 is 5.97 Å². The molecule has 0 aliphatic rings. The van der Waals surface area contributed by atoms with Gasteiger partial charge in [-0.25, -0.2) is 4.79 Å². The van der Waals surface area contributed by atoms with Gasteiger partial charge in [0.25, 0.3) is 0 Å². The number of hydrogen-bond acceptors (Lipinski definition) is 4. The molecule has 0 atom stereocenters. The monoisotopic (exact) mass is 192 g/mol. The molecule has 0 rings (SSSR count). The Bertz CT molecular complexity index is 167. The van der Waals surface area contributed by atoms with E-state index in [1.54, 1.807) is 0 Å². The highest BCUT2D eigenvalue weighted by atomic mass is 32.1. The Morgan fingerprint density at radius 2 is 2.09 bits per heavy atom. The Morgan fingerprint density at radius 1 is 1.55 bits per heavy atom. The van der Waals surface area contributed by atoms with Crippen LogP contribution in [0.15, 0.2) is 12.7 Å². The molecule has 0 spiro atoms.